The quantitative estimate of drug-likeness (QED) is 0.914. The molecule has 0 aliphatic heterocycles. The van der Waals surface area contributed by atoms with Crippen LogP contribution in [0.4, 0.5) is 4.39 Å². The minimum absolute atomic E-state index is 0.120. The average Bonchev–Trinajstić information content (AvgIpc) is 2.73. The predicted octanol–water partition coefficient (Wildman–Crippen LogP) is 2.54. The second-order valence-electron chi connectivity index (χ2n) is 4.97. The van der Waals surface area contributed by atoms with Crippen molar-refractivity contribution in [3.05, 3.63) is 30.1 Å². The number of nitrogens with one attached hydrogen (secondary N) is 1. The molecule has 18 heavy (non-hydrogen) atoms. The van der Waals surface area contributed by atoms with Gasteiger partial charge in [0.05, 0.1) is 4.90 Å². The molecule has 0 heterocycles. The molecule has 0 aromatic heterocycles. The van der Waals surface area contributed by atoms with E-state index in [1.165, 1.54) is 25.0 Å². The monoisotopic (exact) mass is 271 g/mol. The molecule has 0 amide bonds. The molecule has 1 fully saturated rings. The zero-order chi connectivity index (χ0) is 13.2. The van der Waals surface area contributed by atoms with Crippen LogP contribution < -0.4 is 4.72 Å². The van der Waals surface area contributed by atoms with Gasteiger partial charge in [-0.25, -0.2) is 17.5 Å². The van der Waals surface area contributed by atoms with E-state index in [-0.39, 0.29) is 4.90 Å². The van der Waals surface area contributed by atoms with Gasteiger partial charge in [-0.1, -0.05) is 19.8 Å². The molecule has 3 nitrogen and oxygen atoms in total. The second-order valence-corrected chi connectivity index (χ2v) is 6.74. The minimum atomic E-state index is -3.50. The Morgan fingerprint density at radius 3 is 2.50 bits per heavy atom. The summed E-state index contributed by atoms with van der Waals surface area (Å²) in [7, 11) is -3.50. The van der Waals surface area contributed by atoms with E-state index in [1.807, 2.05) is 0 Å². The lowest BCUT2D eigenvalue weighted by Gasteiger charge is -2.16. The van der Waals surface area contributed by atoms with Gasteiger partial charge in [0.1, 0.15) is 5.82 Å². The number of hydrogen-bond donors (Lipinski definition) is 1. The van der Waals surface area contributed by atoms with Gasteiger partial charge in [-0.05, 0) is 42.5 Å². The fraction of sp³-hybridized carbons (Fsp3) is 0.538. The van der Waals surface area contributed by atoms with Crippen molar-refractivity contribution in [2.45, 2.75) is 31.1 Å². The van der Waals surface area contributed by atoms with Crippen LogP contribution in [0.5, 0.6) is 0 Å². The molecule has 1 aromatic carbocycles. The fourth-order valence-corrected chi connectivity index (χ4v) is 3.53. The van der Waals surface area contributed by atoms with Crippen molar-refractivity contribution >= 4 is 10.0 Å². The number of sulfonamides is 1. The smallest absolute Gasteiger partial charge is 0.211 e. The third-order valence-electron chi connectivity index (χ3n) is 3.70. The molecule has 2 rings (SSSR count). The molecular weight excluding hydrogens is 253 g/mol. The fourth-order valence-electron chi connectivity index (χ4n) is 2.44. The normalized spacial score (nSPS) is 24.3. The lowest BCUT2D eigenvalue weighted by atomic mass is 9.99. The van der Waals surface area contributed by atoms with Gasteiger partial charge in [-0.3, -0.25) is 0 Å². The number of benzene rings is 1. The molecule has 1 N–H and O–H groups in total. The Labute approximate surface area is 107 Å². The van der Waals surface area contributed by atoms with Gasteiger partial charge in [0.2, 0.25) is 10.0 Å². The molecule has 2 atom stereocenters. The Morgan fingerprint density at radius 1 is 1.28 bits per heavy atom. The van der Waals surface area contributed by atoms with E-state index in [9.17, 15) is 12.8 Å². The van der Waals surface area contributed by atoms with Gasteiger partial charge in [0, 0.05) is 6.54 Å². The molecule has 0 radical (unpaired) electrons. The Kier molecular flexibility index (Phi) is 4.02. The van der Waals surface area contributed by atoms with Crippen molar-refractivity contribution in [3.63, 3.8) is 0 Å². The summed E-state index contributed by atoms with van der Waals surface area (Å²) in [6.45, 7) is 2.63. The summed E-state index contributed by atoms with van der Waals surface area (Å²) in [5.41, 5.74) is 0. The van der Waals surface area contributed by atoms with Gasteiger partial charge in [0.25, 0.3) is 0 Å². The van der Waals surface area contributed by atoms with E-state index < -0.39 is 15.8 Å². The Bertz CT molecular complexity index is 498. The van der Waals surface area contributed by atoms with Crippen LogP contribution in [-0.4, -0.2) is 15.0 Å². The zero-order valence-corrected chi connectivity index (χ0v) is 11.2. The summed E-state index contributed by atoms with van der Waals surface area (Å²) in [6, 6.07) is 4.89. The van der Waals surface area contributed by atoms with Crippen LogP contribution in [0.2, 0.25) is 0 Å². The topological polar surface area (TPSA) is 46.2 Å². The maximum absolute atomic E-state index is 12.7. The van der Waals surface area contributed by atoms with Crippen LogP contribution in [0, 0.1) is 17.7 Å². The first-order chi connectivity index (χ1) is 8.49. The van der Waals surface area contributed by atoms with E-state index in [0.717, 1.165) is 18.6 Å². The zero-order valence-electron chi connectivity index (χ0n) is 10.4. The molecule has 1 aliphatic rings. The molecule has 0 bridgehead atoms. The third-order valence-corrected chi connectivity index (χ3v) is 5.14. The summed E-state index contributed by atoms with van der Waals surface area (Å²) >= 11 is 0. The number of halogens is 1. The van der Waals surface area contributed by atoms with E-state index in [4.69, 9.17) is 0 Å². The molecule has 2 unspecified atom stereocenters. The van der Waals surface area contributed by atoms with Gasteiger partial charge >= 0.3 is 0 Å². The van der Waals surface area contributed by atoms with E-state index in [1.54, 1.807) is 0 Å². The second kappa shape index (κ2) is 5.36. The maximum Gasteiger partial charge on any atom is 0.240 e. The van der Waals surface area contributed by atoms with Gasteiger partial charge in [-0.2, -0.15) is 0 Å². The standard InChI is InChI=1S/C13H18FNO2S/c1-10-3-2-4-11(10)9-15-18(16,17)13-7-5-12(14)6-8-13/h5-8,10-11,15H,2-4,9H2,1H3. The van der Waals surface area contributed by atoms with Crippen LogP contribution in [0.1, 0.15) is 26.2 Å². The third kappa shape index (κ3) is 3.09. The first-order valence-corrected chi connectivity index (χ1v) is 7.72. The molecular formula is C13H18FNO2S. The highest BCUT2D eigenvalue weighted by atomic mass is 32.2. The molecule has 0 spiro atoms. The van der Waals surface area contributed by atoms with Crippen molar-refractivity contribution in [1.29, 1.82) is 0 Å². The number of hydrogen-bond acceptors (Lipinski definition) is 2. The van der Waals surface area contributed by atoms with Crippen LogP contribution in [0.3, 0.4) is 0 Å². The summed E-state index contributed by atoms with van der Waals surface area (Å²) in [5.74, 6) is 0.555. The molecule has 1 aromatic rings. The minimum Gasteiger partial charge on any atom is -0.211 e. The SMILES string of the molecule is CC1CCCC1CNS(=O)(=O)c1ccc(F)cc1. The summed E-state index contributed by atoms with van der Waals surface area (Å²) in [6.07, 6.45) is 3.42. The van der Waals surface area contributed by atoms with E-state index >= 15 is 0 Å². The largest absolute Gasteiger partial charge is 0.240 e. The molecule has 5 heteroatoms. The molecule has 100 valence electrons. The van der Waals surface area contributed by atoms with Gasteiger partial charge in [-0.15, -0.1) is 0 Å². The van der Waals surface area contributed by atoms with Crippen LogP contribution >= 0.6 is 0 Å². The Balaban J connectivity index is 2.01. The first kappa shape index (κ1) is 13.5. The average molecular weight is 271 g/mol. The summed E-state index contributed by atoms with van der Waals surface area (Å²) in [4.78, 5) is 0.120. The highest BCUT2D eigenvalue weighted by Gasteiger charge is 2.25. The number of rotatable bonds is 4. The van der Waals surface area contributed by atoms with E-state index in [2.05, 4.69) is 11.6 Å². The van der Waals surface area contributed by atoms with Gasteiger partial charge < -0.3 is 0 Å². The first-order valence-electron chi connectivity index (χ1n) is 6.24. The highest BCUT2D eigenvalue weighted by Crippen LogP contribution is 2.30. The maximum atomic E-state index is 12.7. The van der Waals surface area contributed by atoms with Crippen molar-refractivity contribution in [2.75, 3.05) is 6.54 Å². The van der Waals surface area contributed by atoms with Crippen molar-refractivity contribution in [1.82, 2.24) is 4.72 Å². The van der Waals surface area contributed by atoms with Crippen LogP contribution in [0.25, 0.3) is 0 Å². The van der Waals surface area contributed by atoms with Crippen LogP contribution in [-0.2, 0) is 10.0 Å². The Hall–Kier alpha value is -0.940. The molecule has 1 saturated carbocycles. The predicted molar refractivity (Wildman–Crippen MR) is 68.1 cm³/mol. The molecule has 0 saturated heterocycles. The lowest BCUT2D eigenvalue weighted by molar-refractivity contribution is 0.414. The summed E-state index contributed by atoms with van der Waals surface area (Å²) in [5, 5.41) is 0. The van der Waals surface area contributed by atoms with Crippen molar-refractivity contribution in [2.24, 2.45) is 11.8 Å². The van der Waals surface area contributed by atoms with Crippen molar-refractivity contribution < 1.29 is 12.8 Å². The van der Waals surface area contributed by atoms with Crippen molar-refractivity contribution in [3.8, 4) is 0 Å². The van der Waals surface area contributed by atoms with Crippen LogP contribution in [0.15, 0.2) is 29.2 Å². The Morgan fingerprint density at radius 2 is 1.94 bits per heavy atom. The highest BCUT2D eigenvalue weighted by molar-refractivity contribution is 7.89. The lowest BCUT2D eigenvalue weighted by Crippen LogP contribution is -2.30. The van der Waals surface area contributed by atoms with E-state index in [0.29, 0.717) is 18.4 Å². The summed E-state index contributed by atoms with van der Waals surface area (Å²) < 4.78 is 39.3. The van der Waals surface area contributed by atoms with Gasteiger partial charge in [0.15, 0.2) is 0 Å². The molecule has 1 aliphatic carbocycles.